The van der Waals surface area contributed by atoms with E-state index in [0.29, 0.717) is 12.3 Å². The van der Waals surface area contributed by atoms with Crippen LogP contribution in [0.2, 0.25) is 0 Å². The number of hydrogen-bond acceptors (Lipinski definition) is 2. The van der Waals surface area contributed by atoms with Crippen molar-refractivity contribution in [2.24, 2.45) is 11.5 Å². The fraction of sp³-hybridized carbons (Fsp3) is 0.333. The first-order valence-electron chi connectivity index (χ1n) is 6.06. The summed E-state index contributed by atoms with van der Waals surface area (Å²) >= 11 is 0. The van der Waals surface area contributed by atoms with Gasteiger partial charge in [-0.25, -0.2) is 0 Å². The summed E-state index contributed by atoms with van der Waals surface area (Å²) < 4.78 is 0. The lowest BCUT2D eigenvalue weighted by molar-refractivity contribution is 0.558. The van der Waals surface area contributed by atoms with E-state index in [9.17, 15) is 0 Å². The van der Waals surface area contributed by atoms with E-state index in [1.807, 2.05) is 12.2 Å². The third kappa shape index (κ3) is 2.65. The van der Waals surface area contributed by atoms with Crippen LogP contribution in [0.3, 0.4) is 0 Å². The number of hydrogen-bond donors (Lipinski definition) is 2. The van der Waals surface area contributed by atoms with Crippen molar-refractivity contribution in [3.8, 4) is 0 Å². The Bertz CT molecular complexity index is 468. The molecular formula is C15H20N2. The molecule has 0 spiro atoms. The molecular weight excluding hydrogens is 208 g/mol. The second kappa shape index (κ2) is 4.47. The second-order valence-electron chi connectivity index (χ2n) is 5.05. The van der Waals surface area contributed by atoms with Crippen molar-refractivity contribution in [2.75, 3.05) is 0 Å². The fourth-order valence-electron chi connectivity index (χ4n) is 2.13. The van der Waals surface area contributed by atoms with E-state index in [1.165, 1.54) is 16.7 Å². The van der Waals surface area contributed by atoms with Crippen molar-refractivity contribution in [3.05, 3.63) is 53.6 Å². The Balaban J connectivity index is 2.37. The molecule has 0 radical (unpaired) electrons. The molecule has 0 aliphatic heterocycles. The van der Waals surface area contributed by atoms with Crippen molar-refractivity contribution in [3.63, 3.8) is 0 Å². The quantitative estimate of drug-likeness (QED) is 0.765. The molecule has 0 atom stereocenters. The molecule has 0 bridgehead atoms. The SMILES string of the molecule is CC(C)c1ccccc1C1=CCC(N)(N)C=C1. The topological polar surface area (TPSA) is 52.0 Å². The normalized spacial score (nSPS) is 18.3. The first-order valence-corrected chi connectivity index (χ1v) is 6.06. The molecule has 0 saturated heterocycles. The monoisotopic (exact) mass is 228 g/mol. The average Bonchev–Trinajstić information content (AvgIpc) is 2.29. The van der Waals surface area contributed by atoms with Crippen molar-refractivity contribution in [1.82, 2.24) is 0 Å². The molecule has 2 nitrogen and oxygen atoms in total. The molecule has 0 aromatic heterocycles. The van der Waals surface area contributed by atoms with Gasteiger partial charge >= 0.3 is 0 Å². The lowest BCUT2D eigenvalue weighted by Gasteiger charge is -2.24. The van der Waals surface area contributed by atoms with Crippen LogP contribution in [0.4, 0.5) is 0 Å². The lowest BCUT2D eigenvalue weighted by Crippen LogP contribution is -2.47. The summed E-state index contributed by atoms with van der Waals surface area (Å²) in [6.45, 7) is 4.42. The van der Waals surface area contributed by atoms with Gasteiger partial charge in [0.1, 0.15) is 0 Å². The van der Waals surface area contributed by atoms with Gasteiger partial charge in [-0.1, -0.05) is 50.3 Å². The Hall–Kier alpha value is -1.38. The van der Waals surface area contributed by atoms with Crippen LogP contribution in [-0.2, 0) is 0 Å². The predicted octanol–water partition coefficient (Wildman–Crippen LogP) is 2.77. The Morgan fingerprint density at radius 2 is 1.88 bits per heavy atom. The summed E-state index contributed by atoms with van der Waals surface area (Å²) in [7, 11) is 0. The second-order valence-corrected chi connectivity index (χ2v) is 5.05. The van der Waals surface area contributed by atoms with Gasteiger partial charge in [-0.3, -0.25) is 0 Å². The van der Waals surface area contributed by atoms with Crippen LogP contribution in [0, 0.1) is 0 Å². The first-order chi connectivity index (χ1) is 7.99. The van der Waals surface area contributed by atoms with Crippen LogP contribution in [0.15, 0.2) is 42.5 Å². The van der Waals surface area contributed by atoms with Gasteiger partial charge in [-0.05, 0) is 28.7 Å². The minimum atomic E-state index is -0.684. The molecule has 1 aliphatic carbocycles. The smallest absolute Gasteiger partial charge is 0.0867 e. The number of allylic oxidation sites excluding steroid dienone is 2. The Labute approximate surface area is 103 Å². The van der Waals surface area contributed by atoms with E-state index in [2.05, 4.69) is 44.2 Å². The zero-order valence-electron chi connectivity index (χ0n) is 10.5. The number of benzene rings is 1. The van der Waals surface area contributed by atoms with Gasteiger partial charge in [0.15, 0.2) is 0 Å². The van der Waals surface area contributed by atoms with E-state index in [0.717, 1.165) is 0 Å². The van der Waals surface area contributed by atoms with Crippen LogP contribution in [0.1, 0.15) is 37.3 Å². The fourth-order valence-corrected chi connectivity index (χ4v) is 2.13. The molecule has 1 aromatic rings. The highest BCUT2D eigenvalue weighted by molar-refractivity contribution is 5.77. The van der Waals surface area contributed by atoms with Crippen molar-refractivity contribution < 1.29 is 0 Å². The Morgan fingerprint density at radius 3 is 2.47 bits per heavy atom. The van der Waals surface area contributed by atoms with Crippen LogP contribution >= 0.6 is 0 Å². The minimum Gasteiger partial charge on any atom is -0.310 e. The van der Waals surface area contributed by atoms with Gasteiger partial charge < -0.3 is 11.5 Å². The van der Waals surface area contributed by atoms with Crippen molar-refractivity contribution in [2.45, 2.75) is 31.8 Å². The molecule has 2 heteroatoms. The molecule has 17 heavy (non-hydrogen) atoms. The third-order valence-corrected chi connectivity index (χ3v) is 3.14. The molecule has 0 heterocycles. The summed E-state index contributed by atoms with van der Waals surface area (Å²) in [5.74, 6) is 0.517. The molecule has 0 amide bonds. The Morgan fingerprint density at radius 1 is 1.18 bits per heavy atom. The molecule has 90 valence electrons. The molecule has 1 aliphatic rings. The van der Waals surface area contributed by atoms with Gasteiger partial charge in [0.05, 0.1) is 5.66 Å². The molecule has 1 aromatic carbocycles. The largest absolute Gasteiger partial charge is 0.310 e. The maximum atomic E-state index is 5.86. The summed E-state index contributed by atoms with van der Waals surface area (Å²) in [6, 6.07) is 8.50. The average molecular weight is 228 g/mol. The third-order valence-electron chi connectivity index (χ3n) is 3.14. The number of nitrogens with two attached hydrogens (primary N) is 2. The van der Waals surface area contributed by atoms with Crippen LogP contribution < -0.4 is 11.5 Å². The predicted molar refractivity (Wildman–Crippen MR) is 73.4 cm³/mol. The van der Waals surface area contributed by atoms with E-state index in [1.54, 1.807) is 0 Å². The van der Waals surface area contributed by atoms with E-state index >= 15 is 0 Å². The van der Waals surface area contributed by atoms with E-state index in [4.69, 9.17) is 11.5 Å². The van der Waals surface area contributed by atoms with Crippen molar-refractivity contribution >= 4 is 5.57 Å². The standard InChI is InChI=1S/C15H20N2/c1-11(2)13-5-3-4-6-14(13)12-7-9-15(16,17)10-8-12/h3-9,11H,10,16-17H2,1-2H3. The van der Waals surface area contributed by atoms with E-state index < -0.39 is 5.66 Å². The summed E-state index contributed by atoms with van der Waals surface area (Å²) in [5.41, 5.74) is 14.9. The van der Waals surface area contributed by atoms with E-state index in [-0.39, 0.29) is 0 Å². The summed E-state index contributed by atoms with van der Waals surface area (Å²) in [4.78, 5) is 0. The van der Waals surface area contributed by atoms with Gasteiger partial charge in [0.25, 0.3) is 0 Å². The summed E-state index contributed by atoms with van der Waals surface area (Å²) in [6.07, 6.45) is 6.73. The molecule has 4 N–H and O–H groups in total. The van der Waals surface area contributed by atoms with Crippen LogP contribution in [0.25, 0.3) is 5.57 Å². The zero-order chi connectivity index (χ0) is 12.5. The molecule has 0 fully saturated rings. The van der Waals surface area contributed by atoms with Crippen LogP contribution in [-0.4, -0.2) is 5.66 Å². The maximum absolute atomic E-state index is 5.86. The molecule has 0 saturated carbocycles. The van der Waals surface area contributed by atoms with Gasteiger partial charge in [-0.15, -0.1) is 0 Å². The Kier molecular flexibility index (Phi) is 3.18. The highest BCUT2D eigenvalue weighted by Gasteiger charge is 2.18. The van der Waals surface area contributed by atoms with Gasteiger partial charge in [0.2, 0.25) is 0 Å². The maximum Gasteiger partial charge on any atom is 0.0867 e. The van der Waals surface area contributed by atoms with Gasteiger partial charge in [0, 0.05) is 6.42 Å². The highest BCUT2D eigenvalue weighted by atomic mass is 14.9. The highest BCUT2D eigenvalue weighted by Crippen LogP contribution is 2.29. The zero-order valence-corrected chi connectivity index (χ0v) is 10.5. The molecule has 2 rings (SSSR count). The van der Waals surface area contributed by atoms with Crippen molar-refractivity contribution in [1.29, 1.82) is 0 Å². The van der Waals surface area contributed by atoms with Crippen LogP contribution in [0.5, 0.6) is 0 Å². The lowest BCUT2D eigenvalue weighted by atomic mass is 9.88. The summed E-state index contributed by atoms with van der Waals surface area (Å²) in [5, 5.41) is 0. The van der Waals surface area contributed by atoms with Gasteiger partial charge in [-0.2, -0.15) is 0 Å². The minimum absolute atomic E-state index is 0.517. The number of rotatable bonds is 2. The molecule has 0 unspecified atom stereocenters. The first kappa shape index (κ1) is 12.1.